The van der Waals surface area contributed by atoms with Crippen molar-refractivity contribution in [2.24, 2.45) is 0 Å². The molecule has 0 spiro atoms. The fourth-order valence-electron chi connectivity index (χ4n) is 1.16. The molecule has 1 N–H and O–H groups in total. The highest BCUT2D eigenvalue weighted by molar-refractivity contribution is 5.87. The Labute approximate surface area is 100 Å². The van der Waals surface area contributed by atoms with Gasteiger partial charge in [0, 0.05) is 13.7 Å². The average Bonchev–Trinajstić information content (AvgIpc) is 2.73. The van der Waals surface area contributed by atoms with Gasteiger partial charge in [0.15, 0.2) is 0 Å². The third kappa shape index (κ3) is 4.58. The Hall–Kier alpha value is -1.33. The summed E-state index contributed by atoms with van der Waals surface area (Å²) in [5, 5.41) is 8.69. The van der Waals surface area contributed by atoms with Crippen LogP contribution in [0, 0.1) is 0 Å². The summed E-state index contributed by atoms with van der Waals surface area (Å²) in [6.45, 7) is 4.76. The van der Waals surface area contributed by atoms with E-state index < -0.39 is 5.97 Å². The number of hydrogen-bond donors (Lipinski definition) is 1. The van der Waals surface area contributed by atoms with Crippen LogP contribution in [0.15, 0.2) is 16.7 Å². The maximum Gasteiger partial charge on any atom is 0.338 e. The van der Waals surface area contributed by atoms with Gasteiger partial charge in [-0.15, -0.1) is 0 Å². The highest BCUT2D eigenvalue weighted by Gasteiger charge is 2.15. The monoisotopic (exact) mass is 242 g/mol. The number of aromatic carboxylic acids is 1. The lowest BCUT2D eigenvalue weighted by atomic mass is 10.1. The number of furan rings is 1. The van der Waals surface area contributed by atoms with E-state index in [0.717, 1.165) is 6.42 Å². The molecule has 1 aromatic heterocycles. The molecule has 0 atom stereocenters. The summed E-state index contributed by atoms with van der Waals surface area (Å²) in [5.41, 5.74) is -0.0733. The van der Waals surface area contributed by atoms with Crippen molar-refractivity contribution in [1.29, 1.82) is 0 Å². The Balaban J connectivity index is 2.29. The number of rotatable bonds is 7. The quantitative estimate of drug-likeness (QED) is 0.743. The zero-order chi connectivity index (χ0) is 12.9. The van der Waals surface area contributed by atoms with Crippen molar-refractivity contribution >= 4 is 5.97 Å². The first-order chi connectivity index (χ1) is 7.94. The molecule has 5 heteroatoms. The van der Waals surface area contributed by atoms with Gasteiger partial charge in [0.05, 0.1) is 11.2 Å². The van der Waals surface area contributed by atoms with Crippen LogP contribution >= 0.6 is 0 Å². The van der Waals surface area contributed by atoms with E-state index >= 15 is 0 Å². The summed E-state index contributed by atoms with van der Waals surface area (Å²) in [4.78, 5) is 10.6. The molecule has 0 bridgehead atoms. The van der Waals surface area contributed by atoms with E-state index in [9.17, 15) is 4.79 Å². The Bertz CT molecular complexity index is 367. The maximum absolute atomic E-state index is 10.6. The molecule has 1 heterocycles. The Morgan fingerprint density at radius 2 is 2.24 bits per heavy atom. The number of carboxylic acid groups (broad SMARTS) is 1. The lowest BCUT2D eigenvalue weighted by Gasteiger charge is -2.22. The van der Waals surface area contributed by atoms with Crippen LogP contribution in [-0.4, -0.2) is 30.4 Å². The SMILES string of the molecule is COC(C)(C)CCOCc1cc(C(=O)O)co1. The number of methoxy groups -OCH3 is 1. The van der Waals surface area contributed by atoms with Crippen molar-refractivity contribution in [3.8, 4) is 0 Å². The van der Waals surface area contributed by atoms with Gasteiger partial charge in [0.25, 0.3) is 0 Å². The molecule has 1 rings (SSSR count). The molecular formula is C12H18O5. The second-order valence-corrected chi connectivity index (χ2v) is 4.37. The van der Waals surface area contributed by atoms with Crippen LogP contribution in [0.25, 0.3) is 0 Å². The highest BCUT2D eigenvalue weighted by Crippen LogP contribution is 2.14. The third-order valence-electron chi connectivity index (χ3n) is 2.55. The molecule has 1 aromatic rings. The smallest absolute Gasteiger partial charge is 0.338 e. The molecule has 5 nitrogen and oxygen atoms in total. The van der Waals surface area contributed by atoms with Crippen molar-refractivity contribution in [3.05, 3.63) is 23.7 Å². The van der Waals surface area contributed by atoms with Crippen LogP contribution in [0.5, 0.6) is 0 Å². The Morgan fingerprint density at radius 3 is 2.76 bits per heavy atom. The zero-order valence-electron chi connectivity index (χ0n) is 10.4. The molecule has 96 valence electrons. The second kappa shape index (κ2) is 5.84. The van der Waals surface area contributed by atoms with Gasteiger partial charge in [-0.3, -0.25) is 0 Å². The lowest BCUT2D eigenvalue weighted by Crippen LogP contribution is -2.24. The fourth-order valence-corrected chi connectivity index (χ4v) is 1.16. The van der Waals surface area contributed by atoms with E-state index in [-0.39, 0.29) is 17.8 Å². The molecule has 0 aliphatic heterocycles. The van der Waals surface area contributed by atoms with Crippen molar-refractivity contribution < 1.29 is 23.8 Å². The van der Waals surface area contributed by atoms with E-state index in [0.29, 0.717) is 12.4 Å². The Morgan fingerprint density at radius 1 is 1.53 bits per heavy atom. The number of carboxylic acids is 1. The molecule has 0 unspecified atom stereocenters. The van der Waals surface area contributed by atoms with E-state index in [2.05, 4.69) is 0 Å². The summed E-state index contributed by atoms with van der Waals surface area (Å²) in [5.74, 6) is -0.488. The van der Waals surface area contributed by atoms with Gasteiger partial charge in [-0.25, -0.2) is 4.79 Å². The zero-order valence-corrected chi connectivity index (χ0v) is 10.4. The van der Waals surface area contributed by atoms with Crippen molar-refractivity contribution in [1.82, 2.24) is 0 Å². The van der Waals surface area contributed by atoms with Gasteiger partial charge in [0.2, 0.25) is 0 Å². The fraction of sp³-hybridized carbons (Fsp3) is 0.583. The van der Waals surface area contributed by atoms with E-state index in [4.69, 9.17) is 19.0 Å². The molecule has 0 radical (unpaired) electrons. The first-order valence-corrected chi connectivity index (χ1v) is 5.38. The van der Waals surface area contributed by atoms with E-state index in [1.165, 1.54) is 12.3 Å². The van der Waals surface area contributed by atoms with Crippen LogP contribution in [0.2, 0.25) is 0 Å². The second-order valence-electron chi connectivity index (χ2n) is 4.37. The summed E-state index contributed by atoms with van der Waals surface area (Å²) in [6.07, 6.45) is 1.97. The van der Waals surface area contributed by atoms with E-state index in [1.807, 2.05) is 13.8 Å². The minimum Gasteiger partial charge on any atom is -0.478 e. The predicted octanol–water partition coefficient (Wildman–Crippen LogP) is 2.31. The minimum atomic E-state index is -1.000. The van der Waals surface area contributed by atoms with Crippen molar-refractivity contribution in [3.63, 3.8) is 0 Å². The van der Waals surface area contributed by atoms with Gasteiger partial charge in [-0.1, -0.05) is 0 Å². The largest absolute Gasteiger partial charge is 0.478 e. The molecule has 0 fully saturated rings. The van der Waals surface area contributed by atoms with Gasteiger partial charge in [0.1, 0.15) is 18.6 Å². The first kappa shape index (κ1) is 13.7. The summed E-state index contributed by atoms with van der Waals surface area (Å²) in [7, 11) is 1.66. The topological polar surface area (TPSA) is 68.9 Å². The third-order valence-corrected chi connectivity index (χ3v) is 2.55. The number of carbonyl (C=O) groups is 1. The number of hydrogen-bond acceptors (Lipinski definition) is 4. The van der Waals surface area contributed by atoms with Crippen molar-refractivity contribution in [2.45, 2.75) is 32.5 Å². The molecular weight excluding hydrogens is 224 g/mol. The van der Waals surface area contributed by atoms with E-state index in [1.54, 1.807) is 7.11 Å². The first-order valence-electron chi connectivity index (χ1n) is 5.38. The van der Waals surface area contributed by atoms with Crippen LogP contribution < -0.4 is 0 Å². The molecule has 0 aliphatic carbocycles. The Kier molecular flexibility index (Phi) is 4.72. The average molecular weight is 242 g/mol. The van der Waals surface area contributed by atoms with Crippen LogP contribution in [0.3, 0.4) is 0 Å². The summed E-state index contributed by atoms with van der Waals surface area (Å²) >= 11 is 0. The van der Waals surface area contributed by atoms with Gasteiger partial charge in [-0.2, -0.15) is 0 Å². The molecule has 17 heavy (non-hydrogen) atoms. The molecule has 0 saturated carbocycles. The maximum atomic E-state index is 10.6. The lowest BCUT2D eigenvalue weighted by molar-refractivity contribution is -0.0143. The molecule has 0 aromatic carbocycles. The van der Waals surface area contributed by atoms with Crippen LogP contribution in [-0.2, 0) is 16.1 Å². The molecule has 0 amide bonds. The van der Waals surface area contributed by atoms with Crippen LogP contribution in [0.1, 0.15) is 36.4 Å². The number of ether oxygens (including phenoxy) is 2. The highest BCUT2D eigenvalue weighted by atomic mass is 16.5. The summed E-state index contributed by atoms with van der Waals surface area (Å²) < 4.78 is 15.7. The minimum absolute atomic E-state index is 0.140. The normalized spacial score (nSPS) is 11.7. The molecule has 0 saturated heterocycles. The van der Waals surface area contributed by atoms with Crippen molar-refractivity contribution in [2.75, 3.05) is 13.7 Å². The summed E-state index contributed by atoms with van der Waals surface area (Å²) in [6, 6.07) is 1.46. The van der Waals surface area contributed by atoms with Gasteiger partial charge < -0.3 is 19.0 Å². The molecule has 0 aliphatic rings. The van der Waals surface area contributed by atoms with Crippen LogP contribution in [0.4, 0.5) is 0 Å². The standard InChI is InChI=1S/C12H18O5/c1-12(2,15-3)4-5-16-8-10-6-9(7-17-10)11(13)14/h6-7H,4-5,8H2,1-3H3,(H,13,14). The van der Waals surface area contributed by atoms with Gasteiger partial charge >= 0.3 is 5.97 Å². The predicted molar refractivity (Wildman–Crippen MR) is 61.0 cm³/mol. The van der Waals surface area contributed by atoms with Gasteiger partial charge in [-0.05, 0) is 26.3 Å².